The summed E-state index contributed by atoms with van der Waals surface area (Å²) in [5.74, 6) is 0.539. The van der Waals surface area contributed by atoms with Gasteiger partial charge in [-0.25, -0.2) is 9.97 Å². The molecule has 29 heavy (non-hydrogen) atoms. The lowest BCUT2D eigenvalue weighted by atomic mass is 10.2. The van der Waals surface area contributed by atoms with Crippen LogP contribution in [0.5, 0.6) is 0 Å². The molecule has 0 N–H and O–H groups in total. The number of fused-ring (bicyclic) bond motifs is 1. The van der Waals surface area contributed by atoms with Crippen LogP contribution in [-0.4, -0.2) is 51.1 Å². The minimum Gasteiger partial charge on any atom is -0.378 e. The lowest BCUT2D eigenvalue weighted by Gasteiger charge is -2.30. The Labute approximate surface area is 172 Å². The molecule has 0 atom stereocenters. The van der Waals surface area contributed by atoms with E-state index >= 15 is 0 Å². The molecule has 1 aromatic carbocycles. The third kappa shape index (κ3) is 3.37. The summed E-state index contributed by atoms with van der Waals surface area (Å²) in [5, 5.41) is 9.16. The molecule has 0 amide bonds. The van der Waals surface area contributed by atoms with Gasteiger partial charge < -0.3 is 9.64 Å². The van der Waals surface area contributed by atoms with Gasteiger partial charge in [0.25, 0.3) is 0 Å². The Morgan fingerprint density at radius 3 is 2.45 bits per heavy atom. The predicted octanol–water partition coefficient (Wildman–Crippen LogP) is 3.48. The molecule has 1 fully saturated rings. The van der Waals surface area contributed by atoms with Crippen LogP contribution in [0.15, 0.2) is 61.2 Å². The van der Waals surface area contributed by atoms with E-state index < -0.39 is 0 Å². The van der Waals surface area contributed by atoms with Crippen LogP contribution in [0.1, 0.15) is 0 Å². The fourth-order valence-corrected chi connectivity index (χ4v) is 3.78. The number of anilines is 4. The summed E-state index contributed by atoms with van der Waals surface area (Å²) in [5.41, 5.74) is 3.55. The van der Waals surface area contributed by atoms with Gasteiger partial charge in [-0.05, 0) is 36.4 Å². The van der Waals surface area contributed by atoms with E-state index in [0.717, 1.165) is 35.7 Å². The van der Waals surface area contributed by atoms with Crippen LogP contribution in [-0.2, 0) is 4.74 Å². The molecule has 4 aromatic rings. The van der Waals surface area contributed by atoms with Crippen molar-refractivity contribution in [2.24, 2.45) is 0 Å². The smallest absolute Gasteiger partial charge is 0.234 e. The van der Waals surface area contributed by atoms with E-state index in [1.54, 1.807) is 35.5 Å². The average molecular weight is 408 g/mol. The van der Waals surface area contributed by atoms with Crippen molar-refractivity contribution in [3.63, 3.8) is 0 Å². The molecule has 0 bridgehead atoms. The molecular formula is C20H18ClN7O. The number of halogens is 1. The number of benzene rings is 1. The first-order valence-corrected chi connectivity index (χ1v) is 9.67. The van der Waals surface area contributed by atoms with Crippen molar-refractivity contribution in [3.05, 3.63) is 66.2 Å². The highest BCUT2D eigenvalue weighted by Gasteiger charge is 2.21. The number of hydrogen-bond donors (Lipinski definition) is 0. The summed E-state index contributed by atoms with van der Waals surface area (Å²) < 4.78 is 7.03. The number of morpholine rings is 1. The van der Waals surface area contributed by atoms with Crippen molar-refractivity contribution < 1.29 is 4.74 Å². The first kappa shape index (κ1) is 17.8. The summed E-state index contributed by atoms with van der Waals surface area (Å²) in [6, 6.07) is 11.6. The zero-order chi connectivity index (χ0) is 19.6. The monoisotopic (exact) mass is 407 g/mol. The van der Waals surface area contributed by atoms with E-state index in [-0.39, 0.29) is 0 Å². The normalized spacial score (nSPS) is 14.3. The summed E-state index contributed by atoms with van der Waals surface area (Å²) >= 11 is 6.70. The fraction of sp³-hybridized carbons (Fsp3) is 0.200. The number of nitrogens with zero attached hydrogens (tertiary/aromatic N) is 7. The molecule has 0 radical (unpaired) electrons. The van der Waals surface area contributed by atoms with Crippen molar-refractivity contribution in [3.8, 4) is 0 Å². The predicted molar refractivity (Wildman–Crippen MR) is 111 cm³/mol. The molecule has 4 heterocycles. The third-order valence-corrected chi connectivity index (χ3v) is 5.13. The summed E-state index contributed by atoms with van der Waals surface area (Å²) in [6.07, 6.45) is 6.85. The average Bonchev–Trinajstić information content (AvgIpc) is 3.25. The Balaban J connectivity index is 1.62. The second-order valence-electron chi connectivity index (χ2n) is 6.54. The Morgan fingerprint density at radius 1 is 0.931 bits per heavy atom. The first-order chi connectivity index (χ1) is 14.3. The van der Waals surface area contributed by atoms with Gasteiger partial charge in [-0.15, -0.1) is 4.63 Å². The molecule has 8 nitrogen and oxygen atoms in total. The molecule has 9 heteroatoms. The molecule has 5 rings (SSSR count). The number of hydrogen-bond acceptors (Lipinski definition) is 7. The highest BCUT2D eigenvalue weighted by atomic mass is 35.5. The van der Waals surface area contributed by atoms with E-state index in [4.69, 9.17) is 16.3 Å². The lowest BCUT2D eigenvalue weighted by Crippen LogP contribution is -2.36. The van der Waals surface area contributed by atoms with Crippen LogP contribution in [0.25, 0.3) is 5.52 Å². The summed E-state index contributed by atoms with van der Waals surface area (Å²) in [4.78, 5) is 13.1. The Kier molecular flexibility index (Phi) is 4.71. The maximum atomic E-state index is 6.70. The zero-order valence-corrected chi connectivity index (χ0v) is 16.3. The van der Waals surface area contributed by atoms with Crippen LogP contribution in [0.3, 0.4) is 0 Å². The highest BCUT2D eigenvalue weighted by molar-refractivity contribution is 6.33. The van der Waals surface area contributed by atoms with Crippen LogP contribution < -0.4 is 9.80 Å². The molecular weight excluding hydrogens is 390 g/mol. The topological polar surface area (TPSA) is 71.7 Å². The standard InChI is InChI=1S/C20H18ClN7O/c21-16-14-15(2-3-17(16)26-10-12-29-13-11-26)27(20-22-6-1-7-23-20)18-4-8-24-28-19(18)5-9-25-28/h1-9,14H,10-13H2. The number of aromatic nitrogens is 5. The molecule has 3 aromatic heterocycles. The first-order valence-electron chi connectivity index (χ1n) is 9.30. The molecule has 0 spiro atoms. The number of rotatable bonds is 4. The van der Waals surface area contributed by atoms with E-state index in [1.807, 2.05) is 35.2 Å². The quantitative estimate of drug-likeness (QED) is 0.512. The van der Waals surface area contributed by atoms with Crippen LogP contribution >= 0.6 is 11.6 Å². The molecule has 0 saturated carbocycles. The number of ether oxygens (including phenoxy) is 1. The van der Waals surface area contributed by atoms with Gasteiger partial charge in [0, 0.05) is 25.5 Å². The van der Waals surface area contributed by atoms with Crippen LogP contribution in [0, 0.1) is 0 Å². The molecule has 1 aliphatic heterocycles. The van der Waals surface area contributed by atoms with Crippen molar-refractivity contribution in [2.45, 2.75) is 0 Å². The third-order valence-electron chi connectivity index (χ3n) is 4.83. The fourth-order valence-electron chi connectivity index (χ4n) is 3.48. The van der Waals surface area contributed by atoms with Crippen LogP contribution in [0.2, 0.25) is 5.02 Å². The molecule has 1 saturated heterocycles. The van der Waals surface area contributed by atoms with Crippen molar-refractivity contribution in [2.75, 3.05) is 36.1 Å². The molecule has 0 unspecified atom stereocenters. The molecule has 146 valence electrons. The molecule has 1 aliphatic rings. The van der Waals surface area contributed by atoms with E-state index in [2.05, 4.69) is 25.1 Å². The highest BCUT2D eigenvalue weighted by Crippen LogP contribution is 2.38. The van der Waals surface area contributed by atoms with E-state index in [1.165, 1.54) is 0 Å². The Morgan fingerprint density at radius 2 is 1.69 bits per heavy atom. The maximum Gasteiger partial charge on any atom is 0.234 e. The van der Waals surface area contributed by atoms with Gasteiger partial charge in [0.2, 0.25) is 5.95 Å². The lowest BCUT2D eigenvalue weighted by molar-refractivity contribution is 0.122. The van der Waals surface area contributed by atoms with Gasteiger partial charge in [0.1, 0.15) is 5.52 Å². The van der Waals surface area contributed by atoms with Gasteiger partial charge >= 0.3 is 0 Å². The maximum absolute atomic E-state index is 6.70. The van der Waals surface area contributed by atoms with Gasteiger partial charge in [0.05, 0.1) is 47.7 Å². The Hall–Kier alpha value is -3.23. The molecule has 0 aliphatic carbocycles. The SMILES string of the molecule is Clc1cc(N(c2ncccn2)c2ccnn3nccc23)ccc1N1CCOCC1. The van der Waals surface area contributed by atoms with E-state index in [0.29, 0.717) is 24.2 Å². The largest absolute Gasteiger partial charge is 0.378 e. The minimum atomic E-state index is 0.539. The van der Waals surface area contributed by atoms with Gasteiger partial charge in [0.15, 0.2) is 0 Å². The van der Waals surface area contributed by atoms with Gasteiger partial charge in [-0.2, -0.15) is 10.2 Å². The van der Waals surface area contributed by atoms with Crippen molar-refractivity contribution >= 4 is 40.1 Å². The van der Waals surface area contributed by atoms with Crippen molar-refractivity contribution in [1.29, 1.82) is 0 Å². The van der Waals surface area contributed by atoms with Crippen LogP contribution in [0.4, 0.5) is 23.0 Å². The van der Waals surface area contributed by atoms with Gasteiger partial charge in [-0.1, -0.05) is 11.6 Å². The minimum absolute atomic E-state index is 0.539. The zero-order valence-electron chi connectivity index (χ0n) is 15.5. The van der Waals surface area contributed by atoms with E-state index in [9.17, 15) is 0 Å². The van der Waals surface area contributed by atoms with Gasteiger partial charge in [-0.3, -0.25) is 4.90 Å². The second kappa shape index (κ2) is 7.65. The summed E-state index contributed by atoms with van der Waals surface area (Å²) in [7, 11) is 0. The second-order valence-corrected chi connectivity index (χ2v) is 6.95. The summed E-state index contributed by atoms with van der Waals surface area (Å²) in [6.45, 7) is 3.06. The Bertz CT molecular complexity index is 1130. The van der Waals surface area contributed by atoms with Crippen molar-refractivity contribution in [1.82, 2.24) is 24.8 Å².